The van der Waals surface area contributed by atoms with E-state index in [4.69, 9.17) is 18.9 Å². The maximum absolute atomic E-state index is 14.0. The van der Waals surface area contributed by atoms with Crippen LogP contribution >= 0.6 is 0 Å². The zero-order chi connectivity index (χ0) is 42.4. The highest BCUT2D eigenvalue weighted by Gasteiger charge is 2.48. The number of phenolic OH excluding ortho intramolecular Hbond substituents is 1. The number of allylic oxidation sites excluding steroid dienone is 5. The quantitative estimate of drug-likeness (QED) is 0.122. The average molecular weight is 786 g/mol. The summed E-state index contributed by atoms with van der Waals surface area (Å²) in [7, 11) is 1.01. The van der Waals surface area contributed by atoms with Crippen molar-refractivity contribution in [2.24, 2.45) is 17.8 Å². The summed E-state index contributed by atoms with van der Waals surface area (Å²) in [5.74, 6) is -8.84. The molecule has 0 saturated heterocycles. The van der Waals surface area contributed by atoms with Gasteiger partial charge in [0.05, 0.1) is 48.3 Å². The molecule has 1 aromatic rings. The van der Waals surface area contributed by atoms with Crippen molar-refractivity contribution >= 4 is 34.9 Å². The lowest BCUT2D eigenvalue weighted by Crippen LogP contribution is -2.54. The van der Waals surface area contributed by atoms with Crippen molar-refractivity contribution in [3.63, 3.8) is 0 Å². The van der Waals surface area contributed by atoms with Crippen LogP contribution in [0.3, 0.4) is 0 Å². The second-order valence-electron chi connectivity index (χ2n) is 15.0. The Labute approximate surface area is 324 Å². The second-order valence-corrected chi connectivity index (χ2v) is 15.0. The largest absolute Gasteiger partial charge is 0.505 e. The van der Waals surface area contributed by atoms with Crippen molar-refractivity contribution < 1.29 is 73.9 Å². The van der Waals surface area contributed by atoms with Gasteiger partial charge in [-0.05, 0) is 53.2 Å². The lowest BCUT2D eigenvalue weighted by molar-refractivity contribution is -0.171. The number of hydrogen-bond donors (Lipinski definition) is 8. The summed E-state index contributed by atoms with van der Waals surface area (Å²) in [6.45, 7) is 11.5. The van der Waals surface area contributed by atoms with Crippen LogP contribution in [0.5, 0.6) is 11.5 Å². The van der Waals surface area contributed by atoms with Gasteiger partial charge in [-0.2, -0.15) is 0 Å². The molecule has 3 aliphatic heterocycles. The van der Waals surface area contributed by atoms with E-state index in [9.17, 15) is 54.9 Å². The summed E-state index contributed by atoms with van der Waals surface area (Å²) < 4.78 is 22.2. The van der Waals surface area contributed by atoms with E-state index in [0.29, 0.717) is 0 Å². The number of benzene rings is 1. The summed E-state index contributed by atoms with van der Waals surface area (Å²) in [6.07, 6.45) is -2.56. The van der Waals surface area contributed by atoms with Crippen molar-refractivity contribution in [1.29, 1.82) is 0 Å². The van der Waals surface area contributed by atoms with Crippen molar-refractivity contribution in [3.05, 3.63) is 69.2 Å². The number of methoxy groups -OCH3 is 1. The van der Waals surface area contributed by atoms with Crippen LogP contribution < -0.4 is 10.1 Å². The molecular weight excluding hydrogens is 734 g/mol. The van der Waals surface area contributed by atoms with Gasteiger partial charge in [0.15, 0.2) is 11.5 Å². The van der Waals surface area contributed by atoms with Gasteiger partial charge >= 0.3 is 11.9 Å². The van der Waals surface area contributed by atoms with Gasteiger partial charge in [0, 0.05) is 41.0 Å². The third-order valence-electron chi connectivity index (χ3n) is 10.7. The molecule has 0 unspecified atom stereocenters. The van der Waals surface area contributed by atoms with E-state index in [2.05, 4.69) is 5.32 Å². The van der Waals surface area contributed by atoms with Crippen molar-refractivity contribution in [3.8, 4) is 11.5 Å². The maximum Gasteiger partial charge on any atom is 0.313 e. The number of carbonyl (C=O) groups excluding carboxylic acids is 4. The molecule has 3 heterocycles. The van der Waals surface area contributed by atoms with E-state index in [0.717, 1.165) is 20.1 Å². The monoisotopic (exact) mass is 785 g/mol. The number of ether oxygens (including phenoxy) is 4. The summed E-state index contributed by atoms with van der Waals surface area (Å²) in [6, 6.07) is 0. The Morgan fingerprint density at radius 2 is 1.43 bits per heavy atom. The number of nitrogens with one attached hydrogen (secondary N) is 1. The molecule has 0 fully saturated rings. The minimum atomic E-state index is -2.22. The van der Waals surface area contributed by atoms with Gasteiger partial charge in [0.1, 0.15) is 34.4 Å². The molecule has 5 rings (SSSR count). The summed E-state index contributed by atoms with van der Waals surface area (Å²) >= 11 is 0. The molecule has 16 heteroatoms. The van der Waals surface area contributed by atoms with Gasteiger partial charge in [-0.25, -0.2) is 0 Å². The highest BCUT2D eigenvalue weighted by atomic mass is 16.7. The molecule has 4 aliphatic rings. The van der Waals surface area contributed by atoms with Crippen LogP contribution in [0.4, 0.5) is 5.69 Å². The number of fused-ring (bicyclic) bond motifs is 14. The van der Waals surface area contributed by atoms with Crippen LogP contribution in [-0.2, 0) is 28.6 Å². The number of aliphatic hydroxyl groups excluding tert-OH is 4. The molecule has 1 amide bonds. The normalized spacial score (nSPS) is 31.8. The molecule has 1 aliphatic carbocycles. The lowest BCUT2D eigenvalue weighted by atomic mass is 9.74. The fraction of sp³-hybridized carbons (Fsp3) is 0.500. The van der Waals surface area contributed by atoms with Crippen LogP contribution in [0.1, 0.15) is 76.9 Å². The Kier molecular flexibility index (Phi) is 12.8. The zero-order valence-electron chi connectivity index (χ0n) is 33.0. The molecule has 8 N–H and O–H groups in total. The Morgan fingerprint density at radius 3 is 1.98 bits per heavy atom. The first-order valence-electron chi connectivity index (χ1n) is 17.9. The number of aliphatic hydroxyl groups is 6. The molecular formula is C40H51NO15. The van der Waals surface area contributed by atoms with Crippen molar-refractivity contribution in [2.45, 2.75) is 97.9 Å². The Hall–Kier alpha value is -4.84. The number of anilines is 1. The van der Waals surface area contributed by atoms with E-state index in [1.165, 1.54) is 73.6 Å². The molecule has 0 spiro atoms. The number of aromatic hydroxyl groups is 1. The minimum absolute atomic E-state index is 0.00246. The lowest BCUT2D eigenvalue weighted by Gasteiger charge is -2.40. The van der Waals surface area contributed by atoms with Gasteiger partial charge in [-0.1, -0.05) is 32.1 Å². The molecule has 4 bridgehead atoms. The molecule has 56 heavy (non-hydrogen) atoms. The van der Waals surface area contributed by atoms with Crippen LogP contribution in [0.2, 0.25) is 0 Å². The standard InChI is InChI=1S/C40H51NO15/c1-16-12-11-13-39(8,51)35(47)20(5)29(44)26(38(50)53-10)30(45)21(6)36(48)40(9,52)14-17(2)32-25-23-24(28(43)19(4)33(25)55-15-54-32)31(46)27(41-37(16)49)18(3)34(23)56-22(7)42/h11-14,20-21,26,29-30,35-36,44-48,51-52H,15H2,1-10H3,(H,41,49)/t20-,21+,26+,29+,30-,35-,36+,39+,40-/m0/s1. The van der Waals surface area contributed by atoms with Crippen molar-refractivity contribution in [2.75, 3.05) is 19.2 Å². The highest BCUT2D eigenvalue weighted by molar-refractivity contribution is 6.21. The average Bonchev–Trinajstić information content (AvgIpc) is 3.13. The maximum atomic E-state index is 14.0. The summed E-state index contributed by atoms with van der Waals surface area (Å²) in [5.41, 5.74) is -4.84. The van der Waals surface area contributed by atoms with Crippen LogP contribution in [0.25, 0.3) is 5.57 Å². The fourth-order valence-corrected chi connectivity index (χ4v) is 7.31. The van der Waals surface area contributed by atoms with E-state index in [1.807, 2.05) is 0 Å². The Balaban J connectivity index is 2.08. The Morgan fingerprint density at radius 1 is 0.875 bits per heavy atom. The SMILES string of the molecule is COC(=O)[C@@H]1[C@H](O)[C@H](C)[C@H](O)[C@](C)(O)C=CC=C(C)C(=O)Nc2c(C)c(OC(C)=O)c3c(c2O)C(=O)C(C)=C2OCOC(=C23)C(C)=C[C@](C)(O)[C@H](O)[C@H](C)[C@@H]1O. The number of amides is 1. The number of phenols is 1. The van der Waals surface area contributed by atoms with Gasteiger partial charge in [-0.15, -0.1) is 0 Å². The molecule has 16 nitrogen and oxygen atoms in total. The molecule has 0 aromatic heterocycles. The van der Waals surface area contributed by atoms with Crippen LogP contribution in [0, 0.1) is 24.7 Å². The topological polar surface area (TPSA) is 259 Å². The van der Waals surface area contributed by atoms with E-state index < -0.39 is 89.5 Å². The summed E-state index contributed by atoms with van der Waals surface area (Å²) in [4.78, 5) is 53.1. The van der Waals surface area contributed by atoms with E-state index in [1.54, 1.807) is 0 Å². The molecule has 1 aromatic carbocycles. The third kappa shape index (κ3) is 8.03. The van der Waals surface area contributed by atoms with E-state index >= 15 is 0 Å². The molecule has 0 radical (unpaired) electrons. The highest BCUT2D eigenvalue weighted by Crippen LogP contribution is 2.53. The first kappa shape index (κ1) is 43.9. The van der Waals surface area contributed by atoms with Crippen LogP contribution in [0.15, 0.2) is 52.5 Å². The number of esters is 2. The Bertz CT molecular complexity index is 1970. The third-order valence-corrected chi connectivity index (χ3v) is 10.7. The zero-order valence-corrected chi connectivity index (χ0v) is 33.0. The number of carbonyl (C=O) groups is 4. The second kappa shape index (κ2) is 16.3. The van der Waals surface area contributed by atoms with Crippen LogP contribution in [-0.4, -0.2) is 109 Å². The first-order chi connectivity index (χ1) is 25.9. The van der Waals surface area contributed by atoms with Gasteiger partial charge in [0.2, 0.25) is 6.79 Å². The molecule has 9 atom stereocenters. The first-order valence-corrected chi connectivity index (χ1v) is 17.9. The summed E-state index contributed by atoms with van der Waals surface area (Å²) in [5, 5.41) is 82.9. The minimum Gasteiger partial charge on any atom is -0.505 e. The van der Waals surface area contributed by atoms with Gasteiger partial charge in [0.25, 0.3) is 5.91 Å². The van der Waals surface area contributed by atoms with Crippen molar-refractivity contribution in [1.82, 2.24) is 0 Å². The smallest absolute Gasteiger partial charge is 0.313 e. The molecule has 306 valence electrons. The predicted molar refractivity (Wildman–Crippen MR) is 200 cm³/mol. The predicted octanol–water partition coefficient (Wildman–Crippen LogP) is 2.22. The number of Topliss-reactive ketones (excluding diaryl/α,β-unsaturated/α-hetero) is 1. The van der Waals surface area contributed by atoms with E-state index in [-0.39, 0.29) is 61.9 Å². The van der Waals surface area contributed by atoms with Gasteiger partial charge in [-0.3, -0.25) is 19.2 Å². The number of hydrogen-bond acceptors (Lipinski definition) is 15. The number of rotatable bonds is 2. The number of ketones is 1. The van der Waals surface area contributed by atoms with Gasteiger partial charge < -0.3 is 60.0 Å². The molecule has 0 saturated carbocycles. The fourth-order valence-electron chi connectivity index (χ4n) is 7.31.